The average molecular weight is 279 g/mol. The molecule has 1 aromatic heterocycles. The summed E-state index contributed by atoms with van der Waals surface area (Å²) in [6.07, 6.45) is 4.47. The Bertz CT molecular complexity index is 447. The van der Waals surface area contributed by atoms with Crippen LogP contribution in [0.4, 0.5) is 0 Å². The van der Waals surface area contributed by atoms with Gasteiger partial charge in [0, 0.05) is 26.1 Å². The molecular formula is C14H21N3OS. The van der Waals surface area contributed by atoms with Crippen LogP contribution in [0, 0.1) is 23.7 Å². The number of ether oxygens (including phenoxy) is 1. The number of fused-ring (bicyclic) bond motifs is 5. The summed E-state index contributed by atoms with van der Waals surface area (Å²) in [7, 11) is 1.73. The van der Waals surface area contributed by atoms with Gasteiger partial charge in [0.25, 0.3) is 0 Å². The molecule has 4 rings (SSSR count). The zero-order chi connectivity index (χ0) is 12.8. The lowest BCUT2D eigenvalue weighted by Gasteiger charge is -2.04. The third kappa shape index (κ3) is 2.03. The maximum absolute atomic E-state index is 5.02. The van der Waals surface area contributed by atoms with Crippen LogP contribution in [-0.4, -0.2) is 30.5 Å². The standard InChI is InChI=1S/C14H21N3OS/c1-18-5-4-15-7-10-16-17-14(19-10)13-11-8-2-3-9(6-8)12(11)13/h8-9,11-13,15H,2-7H2,1H3. The normalized spacial score (nSPS) is 38.7. The molecule has 1 aromatic rings. The van der Waals surface area contributed by atoms with E-state index in [9.17, 15) is 0 Å². The SMILES string of the molecule is COCCNCc1nnc(C2C3C4CCC(C4)C23)s1. The van der Waals surface area contributed by atoms with Crippen LogP contribution >= 0.6 is 11.3 Å². The smallest absolute Gasteiger partial charge is 0.131 e. The van der Waals surface area contributed by atoms with Gasteiger partial charge in [-0.05, 0) is 42.9 Å². The summed E-state index contributed by atoms with van der Waals surface area (Å²) in [5, 5.41) is 14.6. The van der Waals surface area contributed by atoms with Gasteiger partial charge in [0.1, 0.15) is 10.0 Å². The second-order valence-electron chi connectivity index (χ2n) is 6.22. The molecule has 0 spiro atoms. The molecule has 0 aromatic carbocycles. The van der Waals surface area contributed by atoms with Gasteiger partial charge in [-0.3, -0.25) is 0 Å². The van der Waals surface area contributed by atoms with Gasteiger partial charge in [0.2, 0.25) is 0 Å². The van der Waals surface area contributed by atoms with Crippen LogP contribution in [0.2, 0.25) is 0 Å². The lowest BCUT2D eigenvalue weighted by molar-refractivity contribution is 0.199. The molecule has 104 valence electrons. The number of rotatable bonds is 6. The molecule has 5 heteroatoms. The Morgan fingerprint density at radius 1 is 1.26 bits per heavy atom. The first-order valence-corrected chi connectivity index (χ1v) is 8.22. The fourth-order valence-electron chi connectivity index (χ4n) is 4.50. The van der Waals surface area contributed by atoms with E-state index in [-0.39, 0.29) is 0 Å². The average Bonchev–Trinajstić information content (AvgIpc) is 2.83. The molecule has 0 amide bonds. The first-order valence-electron chi connectivity index (χ1n) is 7.40. The molecule has 1 N–H and O–H groups in total. The molecule has 0 saturated heterocycles. The molecule has 4 atom stereocenters. The minimum atomic E-state index is 0.752. The molecule has 2 bridgehead atoms. The van der Waals surface area contributed by atoms with Gasteiger partial charge in [-0.25, -0.2) is 0 Å². The summed E-state index contributed by atoms with van der Waals surface area (Å²) in [5.74, 6) is 4.76. The Balaban J connectivity index is 1.35. The molecule has 3 aliphatic carbocycles. The van der Waals surface area contributed by atoms with Gasteiger partial charge in [-0.2, -0.15) is 0 Å². The van der Waals surface area contributed by atoms with Crippen molar-refractivity contribution in [1.82, 2.24) is 15.5 Å². The highest BCUT2D eigenvalue weighted by Crippen LogP contribution is 2.73. The summed E-state index contributed by atoms with van der Waals surface area (Å²) >= 11 is 1.82. The molecule has 0 aliphatic heterocycles. The quantitative estimate of drug-likeness (QED) is 0.810. The Hall–Kier alpha value is -0.520. The van der Waals surface area contributed by atoms with Crippen molar-refractivity contribution in [2.24, 2.45) is 23.7 Å². The number of methoxy groups -OCH3 is 1. The summed E-state index contributed by atoms with van der Waals surface area (Å²) in [5.41, 5.74) is 0. The third-order valence-electron chi connectivity index (χ3n) is 5.26. The first-order chi connectivity index (χ1) is 9.38. The maximum atomic E-state index is 5.02. The second kappa shape index (κ2) is 4.79. The molecule has 3 aliphatic rings. The summed E-state index contributed by atoms with van der Waals surface area (Å²) in [6, 6.07) is 0. The van der Waals surface area contributed by atoms with Crippen molar-refractivity contribution in [3.63, 3.8) is 0 Å². The molecule has 3 fully saturated rings. The van der Waals surface area contributed by atoms with E-state index in [4.69, 9.17) is 4.74 Å². The van der Waals surface area contributed by atoms with E-state index in [0.29, 0.717) is 0 Å². The van der Waals surface area contributed by atoms with E-state index in [1.54, 1.807) is 7.11 Å². The molecule has 1 heterocycles. The van der Waals surface area contributed by atoms with Gasteiger partial charge in [0.05, 0.1) is 6.61 Å². The predicted octanol–water partition coefficient (Wildman–Crippen LogP) is 2.03. The summed E-state index contributed by atoms with van der Waals surface area (Å²) in [6.45, 7) is 2.46. The second-order valence-corrected chi connectivity index (χ2v) is 7.31. The zero-order valence-electron chi connectivity index (χ0n) is 11.3. The van der Waals surface area contributed by atoms with Crippen molar-refractivity contribution in [2.45, 2.75) is 31.7 Å². The number of aromatic nitrogens is 2. The van der Waals surface area contributed by atoms with E-state index in [2.05, 4.69) is 15.5 Å². The van der Waals surface area contributed by atoms with Crippen molar-refractivity contribution in [3.8, 4) is 0 Å². The van der Waals surface area contributed by atoms with Crippen molar-refractivity contribution >= 4 is 11.3 Å². The number of hydrogen-bond acceptors (Lipinski definition) is 5. The fourth-order valence-corrected chi connectivity index (χ4v) is 5.53. The van der Waals surface area contributed by atoms with Gasteiger partial charge in [-0.1, -0.05) is 11.3 Å². The van der Waals surface area contributed by atoms with E-state index in [1.807, 2.05) is 11.3 Å². The van der Waals surface area contributed by atoms with Crippen molar-refractivity contribution in [2.75, 3.05) is 20.3 Å². The van der Waals surface area contributed by atoms with E-state index in [1.165, 1.54) is 24.3 Å². The summed E-state index contributed by atoms with van der Waals surface area (Å²) in [4.78, 5) is 0. The molecule has 3 saturated carbocycles. The predicted molar refractivity (Wildman–Crippen MR) is 74.0 cm³/mol. The lowest BCUT2D eigenvalue weighted by atomic mass is 10.0. The minimum absolute atomic E-state index is 0.752. The van der Waals surface area contributed by atoms with Crippen molar-refractivity contribution < 1.29 is 4.74 Å². The van der Waals surface area contributed by atoms with Gasteiger partial charge < -0.3 is 10.1 Å². The van der Waals surface area contributed by atoms with Crippen LogP contribution in [0.3, 0.4) is 0 Å². The number of nitrogens with zero attached hydrogens (tertiary/aromatic N) is 2. The highest BCUT2D eigenvalue weighted by Gasteiger charge is 2.66. The monoisotopic (exact) mass is 279 g/mol. The van der Waals surface area contributed by atoms with Crippen LogP contribution in [0.5, 0.6) is 0 Å². The van der Waals surface area contributed by atoms with E-state index < -0.39 is 0 Å². The molecular weight excluding hydrogens is 258 g/mol. The Kier molecular flexibility index (Phi) is 3.09. The highest BCUT2D eigenvalue weighted by atomic mass is 32.1. The van der Waals surface area contributed by atoms with Crippen LogP contribution in [0.25, 0.3) is 0 Å². The number of hydrogen-bond donors (Lipinski definition) is 1. The Labute approximate surface area is 118 Å². The fraction of sp³-hybridized carbons (Fsp3) is 0.857. The lowest BCUT2D eigenvalue weighted by Crippen LogP contribution is -2.18. The Morgan fingerprint density at radius 2 is 2.05 bits per heavy atom. The molecule has 4 unspecified atom stereocenters. The minimum Gasteiger partial charge on any atom is -0.383 e. The van der Waals surface area contributed by atoms with Crippen LogP contribution in [0.15, 0.2) is 0 Å². The Morgan fingerprint density at radius 3 is 2.79 bits per heavy atom. The summed E-state index contributed by atoms with van der Waals surface area (Å²) < 4.78 is 5.02. The maximum Gasteiger partial charge on any atom is 0.131 e. The van der Waals surface area contributed by atoms with E-state index in [0.717, 1.165) is 54.3 Å². The van der Waals surface area contributed by atoms with Crippen LogP contribution in [-0.2, 0) is 11.3 Å². The topological polar surface area (TPSA) is 47.0 Å². The highest BCUT2D eigenvalue weighted by molar-refractivity contribution is 7.11. The molecule has 4 nitrogen and oxygen atoms in total. The van der Waals surface area contributed by atoms with Gasteiger partial charge >= 0.3 is 0 Å². The number of nitrogens with one attached hydrogen (secondary N) is 1. The zero-order valence-corrected chi connectivity index (χ0v) is 12.2. The molecule has 19 heavy (non-hydrogen) atoms. The van der Waals surface area contributed by atoms with Crippen molar-refractivity contribution in [3.05, 3.63) is 10.0 Å². The van der Waals surface area contributed by atoms with Crippen LogP contribution < -0.4 is 5.32 Å². The van der Waals surface area contributed by atoms with Gasteiger partial charge in [0.15, 0.2) is 0 Å². The van der Waals surface area contributed by atoms with E-state index >= 15 is 0 Å². The van der Waals surface area contributed by atoms with Crippen molar-refractivity contribution in [1.29, 1.82) is 0 Å². The van der Waals surface area contributed by atoms with Gasteiger partial charge in [-0.15, -0.1) is 10.2 Å². The molecule has 0 radical (unpaired) electrons. The largest absolute Gasteiger partial charge is 0.383 e. The first kappa shape index (κ1) is 12.2. The van der Waals surface area contributed by atoms with Crippen LogP contribution in [0.1, 0.15) is 35.2 Å². The third-order valence-corrected chi connectivity index (χ3v) is 6.29.